The Labute approximate surface area is 234 Å². The number of imide groups is 3. The lowest BCUT2D eigenvalue weighted by atomic mass is 9.69. The van der Waals surface area contributed by atoms with Gasteiger partial charge in [-0.2, -0.15) is 4.90 Å². The second-order valence-electron chi connectivity index (χ2n) is 10.6. The molecule has 210 valence electrons. The number of rotatable bonds is 9. The van der Waals surface area contributed by atoms with Crippen LogP contribution in [-0.2, 0) is 19.1 Å². The van der Waals surface area contributed by atoms with Crippen LogP contribution in [-0.4, -0.2) is 54.3 Å². The van der Waals surface area contributed by atoms with Gasteiger partial charge in [-0.15, -0.1) is 0 Å². The van der Waals surface area contributed by atoms with Crippen molar-refractivity contribution in [3.05, 3.63) is 76.9 Å². The highest BCUT2D eigenvalue weighted by molar-refractivity contribution is 6.16. The molecule has 1 aliphatic carbocycles. The van der Waals surface area contributed by atoms with Gasteiger partial charge in [0.2, 0.25) is 11.8 Å². The fourth-order valence-corrected chi connectivity index (χ4v) is 6.32. The Morgan fingerprint density at radius 2 is 1.88 bits per heavy atom. The van der Waals surface area contributed by atoms with Crippen LogP contribution < -0.4 is 4.74 Å². The molecule has 0 radical (unpaired) electrons. The summed E-state index contributed by atoms with van der Waals surface area (Å²) in [5.74, 6) is -1.66. The minimum absolute atomic E-state index is 0.222. The lowest BCUT2D eigenvalue weighted by Gasteiger charge is -2.31. The summed E-state index contributed by atoms with van der Waals surface area (Å²) >= 11 is 0. The molecule has 4 atom stereocenters. The minimum atomic E-state index is -0.940. The molecule has 0 saturated carbocycles. The van der Waals surface area contributed by atoms with Crippen LogP contribution in [0.2, 0.25) is 0 Å². The molecule has 2 aromatic carbocycles. The lowest BCUT2D eigenvalue weighted by Crippen LogP contribution is -2.38. The maximum Gasteiger partial charge on any atom is 0.423 e. The lowest BCUT2D eigenvalue weighted by molar-refractivity contribution is -0.137. The van der Waals surface area contributed by atoms with Crippen LogP contribution in [0.25, 0.3) is 6.08 Å². The van der Waals surface area contributed by atoms with E-state index in [1.165, 1.54) is 12.7 Å². The number of fused-ring (bicyclic) bond motifs is 3. The molecule has 1 N–H and O–H groups in total. The quantitative estimate of drug-likeness (QED) is 0.327. The van der Waals surface area contributed by atoms with Gasteiger partial charge >= 0.3 is 6.09 Å². The molecule has 0 spiro atoms. The fourth-order valence-electron chi connectivity index (χ4n) is 6.32. The van der Waals surface area contributed by atoms with Gasteiger partial charge in [-0.05, 0) is 66.7 Å². The van der Waals surface area contributed by atoms with E-state index in [1.54, 1.807) is 12.1 Å². The Balaban J connectivity index is 1.42. The van der Waals surface area contributed by atoms with Gasteiger partial charge in [-0.3, -0.25) is 9.59 Å². The van der Waals surface area contributed by atoms with E-state index in [2.05, 4.69) is 13.0 Å². The molecule has 0 bridgehead atoms. The van der Waals surface area contributed by atoms with Crippen molar-refractivity contribution in [1.82, 2.24) is 4.90 Å². The van der Waals surface area contributed by atoms with Crippen molar-refractivity contribution in [2.24, 2.45) is 17.8 Å². The third-order valence-electron chi connectivity index (χ3n) is 8.06. The Morgan fingerprint density at radius 3 is 2.60 bits per heavy atom. The molecule has 2 heterocycles. The van der Waals surface area contributed by atoms with Crippen molar-refractivity contribution < 1.29 is 33.7 Å². The molecule has 2 aliphatic heterocycles. The monoisotopic (exact) mass is 545 g/mol. The maximum absolute atomic E-state index is 13.3. The zero-order chi connectivity index (χ0) is 28.2. The van der Waals surface area contributed by atoms with Crippen molar-refractivity contribution in [1.29, 1.82) is 0 Å². The van der Waals surface area contributed by atoms with E-state index in [4.69, 9.17) is 14.2 Å². The van der Waals surface area contributed by atoms with E-state index in [0.717, 1.165) is 36.0 Å². The predicted molar refractivity (Wildman–Crippen MR) is 148 cm³/mol. The molecule has 3 aliphatic rings. The van der Waals surface area contributed by atoms with E-state index in [1.807, 2.05) is 42.5 Å². The summed E-state index contributed by atoms with van der Waals surface area (Å²) in [5, 5.41) is 9.88. The number of phenolic OH excluding ortho intramolecular Hbond substituents is 1. The van der Waals surface area contributed by atoms with E-state index in [-0.39, 0.29) is 24.4 Å². The summed E-state index contributed by atoms with van der Waals surface area (Å²) in [4.78, 5) is 39.5. The van der Waals surface area contributed by atoms with Crippen LogP contribution >= 0.6 is 0 Å². The summed E-state index contributed by atoms with van der Waals surface area (Å²) in [7, 11) is 1.17. The van der Waals surface area contributed by atoms with Gasteiger partial charge in [0.05, 0.1) is 31.7 Å². The number of allylic oxidation sites excluding steroid dienone is 1. The number of nitrogens with zero attached hydrogens (tertiary/aromatic N) is 1. The molecule has 2 fully saturated rings. The molecular formula is C32H35NO7. The van der Waals surface area contributed by atoms with Crippen LogP contribution in [0.15, 0.2) is 71.3 Å². The highest BCUT2D eigenvalue weighted by Crippen LogP contribution is 2.50. The number of carbonyl (C=O) groups excluding carboxylic acids is 3. The average Bonchev–Trinajstić information content (AvgIpc) is 3.49. The van der Waals surface area contributed by atoms with Gasteiger partial charge in [-0.25, -0.2) is 4.79 Å². The smallest absolute Gasteiger partial charge is 0.423 e. The number of hydrogen-bond donors (Lipinski definition) is 1. The number of aromatic hydroxyl groups is 1. The average molecular weight is 546 g/mol. The first-order valence-corrected chi connectivity index (χ1v) is 13.9. The number of para-hydroxylation sites is 1. The SMILES string of the molecule is CCC/C(=C\c1cccc(O)c1)CC[C@H]1OC[C@H]2C1=C(COc1ccccc1)C[C@H]1C(=O)N(C(=O)OC)C(=O)[C@H]12. The zero-order valence-corrected chi connectivity index (χ0v) is 22.9. The van der Waals surface area contributed by atoms with Crippen LogP contribution in [0, 0.1) is 17.8 Å². The normalized spacial score (nSPS) is 24.2. The largest absolute Gasteiger partial charge is 0.508 e. The number of ether oxygens (including phenoxy) is 3. The number of methoxy groups -OCH3 is 1. The molecule has 2 saturated heterocycles. The van der Waals surface area contributed by atoms with Gasteiger partial charge in [0.1, 0.15) is 18.1 Å². The molecule has 3 amide bonds. The molecule has 2 aromatic rings. The third-order valence-corrected chi connectivity index (χ3v) is 8.06. The summed E-state index contributed by atoms with van der Waals surface area (Å²) in [6, 6.07) is 16.7. The molecule has 0 aromatic heterocycles. The van der Waals surface area contributed by atoms with E-state index < -0.39 is 29.7 Å². The van der Waals surface area contributed by atoms with Gasteiger partial charge in [-0.1, -0.05) is 55.3 Å². The fraction of sp³-hybridized carbons (Fsp3) is 0.406. The second-order valence-corrected chi connectivity index (χ2v) is 10.6. The number of amides is 3. The number of likely N-dealkylation sites (tertiary alicyclic amines) is 1. The molecular weight excluding hydrogens is 510 g/mol. The van der Waals surface area contributed by atoms with E-state index in [0.29, 0.717) is 30.1 Å². The highest BCUT2D eigenvalue weighted by Gasteiger charge is 2.59. The van der Waals surface area contributed by atoms with Crippen molar-refractivity contribution in [2.45, 2.75) is 45.1 Å². The van der Waals surface area contributed by atoms with Crippen LogP contribution in [0.5, 0.6) is 11.5 Å². The maximum atomic E-state index is 13.3. The Hall–Kier alpha value is -3.91. The highest BCUT2D eigenvalue weighted by atomic mass is 16.5. The van der Waals surface area contributed by atoms with Gasteiger partial charge in [0.25, 0.3) is 0 Å². The third kappa shape index (κ3) is 5.54. The Morgan fingerprint density at radius 1 is 1.07 bits per heavy atom. The van der Waals surface area contributed by atoms with Gasteiger partial charge in [0.15, 0.2) is 0 Å². The van der Waals surface area contributed by atoms with Gasteiger partial charge in [0, 0.05) is 5.92 Å². The number of carbonyl (C=O) groups is 3. The van der Waals surface area contributed by atoms with Crippen molar-refractivity contribution in [3.8, 4) is 11.5 Å². The van der Waals surface area contributed by atoms with Crippen molar-refractivity contribution in [2.75, 3.05) is 20.3 Å². The standard InChI is InChI=1S/C32H35NO7/c1-3-8-20(15-21-9-7-10-23(34)16-21)13-14-27-28-22(18-39-24-11-5-4-6-12-24)17-25-29(26(28)19-40-27)31(36)33(30(25)35)32(37)38-2/h4-7,9-12,15-16,25-27,29,34H,3,8,13-14,17-19H2,1-2H3/b20-15+/t25-,26+,27-,29-/m1/s1. The Bertz CT molecular complexity index is 1330. The zero-order valence-electron chi connectivity index (χ0n) is 22.9. The summed E-state index contributed by atoms with van der Waals surface area (Å²) in [6.45, 7) is 2.72. The second kappa shape index (κ2) is 12.1. The predicted octanol–water partition coefficient (Wildman–Crippen LogP) is 5.52. The molecule has 5 rings (SSSR count). The number of phenols is 1. The van der Waals surface area contributed by atoms with E-state index in [9.17, 15) is 19.5 Å². The van der Waals surface area contributed by atoms with Crippen molar-refractivity contribution >= 4 is 24.0 Å². The topological polar surface area (TPSA) is 102 Å². The first-order chi connectivity index (χ1) is 19.4. The summed E-state index contributed by atoms with van der Waals surface area (Å²) in [5.41, 5.74) is 4.18. The van der Waals surface area contributed by atoms with E-state index >= 15 is 0 Å². The molecule has 0 unspecified atom stereocenters. The van der Waals surface area contributed by atoms with Gasteiger partial charge < -0.3 is 19.3 Å². The molecule has 8 nitrogen and oxygen atoms in total. The van der Waals surface area contributed by atoms with Crippen LogP contribution in [0.4, 0.5) is 4.79 Å². The molecule has 8 heteroatoms. The minimum Gasteiger partial charge on any atom is -0.508 e. The number of benzene rings is 2. The Kier molecular flexibility index (Phi) is 8.35. The molecule has 40 heavy (non-hydrogen) atoms. The summed E-state index contributed by atoms with van der Waals surface area (Å²) in [6.07, 6.45) is 4.69. The van der Waals surface area contributed by atoms with Crippen molar-refractivity contribution in [3.63, 3.8) is 0 Å². The van der Waals surface area contributed by atoms with Crippen LogP contribution in [0.3, 0.4) is 0 Å². The first kappa shape index (κ1) is 27.6. The number of hydrogen-bond acceptors (Lipinski definition) is 7. The van der Waals surface area contributed by atoms with Crippen LogP contribution in [0.1, 0.15) is 44.6 Å². The summed E-state index contributed by atoms with van der Waals surface area (Å²) < 4.78 is 17.2. The first-order valence-electron chi connectivity index (χ1n) is 13.9.